The Morgan fingerprint density at radius 1 is 1.03 bits per heavy atom. The van der Waals surface area contributed by atoms with Crippen molar-refractivity contribution in [3.05, 3.63) is 50.7 Å². The first kappa shape index (κ1) is 23.4. The van der Waals surface area contributed by atoms with Gasteiger partial charge in [0.25, 0.3) is 5.91 Å². The van der Waals surface area contributed by atoms with E-state index in [-0.39, 0.29) is 25.0 Å². The Kier molecular flexibility index (Phi) is 7.45. The molecule has 1 aliphatic heterocycles. The lowest BCUT2D eigenvalue weighted by Gasteiger charge is -2.34. The minimum Gasteiger partial charge on any atom is -0.452 e. The molecule has 2 aromatic rings. The summed E-state index contributed by atoms with van der Waals surface area (Å²) in [6.07, 6.45) is 4.20. The van der Waals surface area contributed by atoms with Gasteiger partial charge >= 0.3 is 5.97 Å². The van der Waals surface area contributed by atoms with Crippen molar-refractivity contribution in [2.24, 2.45) is 0 Å². The second-order valence-electron chi connectivity index (χ2n) is 8.81. The van der Waals surface area contributed by atoms with Gasteiger partial charge in [-0.2, -0.15) is 0 Å². The van der Waals surface area contributed by atoms with Gasteiger partial charge in [-0.3, -0.25) is 14.5 Å². The molecule has 1 saturated heterocycles. The first-order valence-electron chi connectivity index (χ1n) is 11.5. The van der Waals surface area contributed by atoms with Crippen molar-refractivity contribution in [1.82, 2.24) is 9.80 Å². The van der Waals surface area contributed by atoms with Crippen molar-refractivity contribution in [2.75, 3.05) is 44.6 Å². The van der Waals surface area contributed by atoms with E-state index < -0.39 is 5.97 Å². The molecule has 2 amide bonds. The van der Waals surface area contributed by atoms with E-state index >= 15 is 0 Å². The van der Waals surface area contributed by atoms with Crippen LogP contribution in [0.1, 0.15) is 44.8 Å². The van der Waals surface area contributed by atoms with Crippen molar-refractivity contribution in [3.63, 3.8) is 0 Å². The van der Waals surface area contributed by atoms with Gasteiger partial charge in [0, 0.05) is 42.1 Å². The van der Waals surface area contributed by atoms with E-state index in [0.29, 0.717) is 31.7 Å². The van der Waals surface area contributed by atoms with E-state index in [2.05, 4.69) is 5.32 Å². The van der Waals surface area contributed by atoms with Gasteiger partial charge in [-0.1, -0.05) is 18.2 Å². The Morgan fingerprint density at radius 2 is 1.73 bits per heavy atom. The molecule has 176 valence electrons. The second-order valence-corrected chi connectivity index (χ2v) is 9.77. The minimum absolute atomic E-state index is 0.0554. The Bertz CT molecular complexity index is 1020. The van der Waals surface area contributed by atoms with Gasteiger partial charge in [0.05, 0.1) is 12.1 Å². The predicted molar refractivity (Wildman–Crippen MR) is 129 cm³/mol. The highest BCUT2D eigenvalue weighted by Gasteiger charge is 2.25. The van der Waals surface area contributed by atoms with Crippen LogP contribution in [0.25, 0.3) is 0 Å². The summed E-state index contributed by atoms with van der Waals surface area (Å²) < 4.78 is 5.35. The van der Waals surface area contributed by atoms with Crippen LogP contribution in [-0.2, 0) is 27.2 Å². The number of hydrogen-bond acceptors (Lipinski definition) is 6. The highest BCUT2D eigenvalue weighted by Crippen LogP contribution is 2.30. The van der Waals surface area contributed by atoms with Crippen LogP contribution in [0.5, 0.6) is 0 Å². The summed E-state index contributed by atoms with van der Waals surface area (Å²) in [6, 6.07) is 5.93. The second kappa shape index (κ2) is 10.5. The van der Waals surface area contributed by atoms with Gasteiger partial charge in [-0.15, -0.1) is 11.3 Å². The average molecular weight is 470 g/mol. The maximum atomic E-state index is 12.6. The summed E-state index contributed by atoms with van der Waals surface area (Å²) >= 11 is 1.62. The van der Waals surface area contributed by atoms with Crippen molar-refractivity contribution >= 4 is 34.8 Å². The first-order chi connectivity index (χ1) is 15.9. The number of benzene rings is 1. The average Bonchev–Trinajstić information content (AvgIpc) is 3.24. The standard InChI is InChI=1S/C25H31N3O4S/c1-17-6-5-7-18(2)24(17)26-22(29)14-27-10-12-28(13-11-27)23(30)15-32-25(31)20-16-33-21-9-4-3-8-19(20)21/h5-7,16H,3-4,8-15H2,1-2H3,(H,26,29). The highest BCUT2D eigenvalue weighted by atomic mass is 32.1. The molecule has 0 spiro atoms. The Balaban J connectivity index is 1.21. The van der Waals surface area contributed by atoms with E-state index in [9.17, 15) is 14.4 Å². The van der Waals surface area contributed by atoms with E-state index in [1.807, 2.05) is 42.3 Å². The lowest BCUT2D eigenvalue weighted by Crippen LogP contribution is -2.51. The molecule has 1 N–H and O–H groups in total. The fraction of sp³-hybridized carbons (Fsp3) is 0.480. The largest absolute Gasteiger partial charge is 0.452 e. The number of fused-ring (bicyclic) bond motifs is 1. The number of ether oxygens (including phenoxy) is 1. The molecule has 0 saturated carbocycles. The molecule has 1 aromatic heterocycles. The van der Waals surface area contributed by atoms with Crippen molar-refractivity contribution in [2.45, 2.75) is 39.5 Å². The molecule has 33 heavy (non-hydrogen) atoms. The van der Waals surface area contributed by atoms with Gasteiger partial charge < -0.3 is 15.0 Å². The molecule has 0 atom stereocenters. The zero-order valence-electron chi connectivity index (χ0n) is 19.3. The number of para-hydroxylation sites is 1. The normalized spacial score (nSPS) is 16.2. The van der Waals surface area contributed by atoms with Crippen molar-refractivity contribution in [1.29, 1.82) is 0 Å². The van der Waals surface area contributed by atoms with E-state index in [0.717, 1.165) is 41.6 Å². The van der Waals surface area contributed by atoms with Gasteiger partial charge in [0.2, 0.25) is 5.91 Å². The molecule has 0 bridgehead atoms. The number of anilines is 1. The molecule has 2 heterocycles. The molecule has 0 radical (unpaired) electrons. The SMILES string of the molecule is Cc1cccc(C)c1NC(=O)CN1CCN(C(=O)COC(=O)c2csc3c2CCCC3)CC1. The number of hydrogen-bond donors (Lipinski definition) is 1. The van der Waals surface area contributed by atoms with Crippen LogP contribution >= 0.6 is 11.3 Å². The topological polar surface area (TPSA) is 79.0 Å². The predicted octanol–water partition coefficient (Wildman–Crippen LogP) is 3.18. The molecule has 7 nitrogen and oxygen atoms in total. The number of thiophene rings is 1. The fourth-order valence-corrected chi connectivity index (χ4v) is 5.63. The highest BCUT2D eigenvalue weighted by molar-refractivity contribution is 7.10. The van der Waals surface area contributed by atoms with Crippen LogP contribution in [0.15, 0.2) is 23.6 Å². The van der Waals surface area contributed by atoms with E-state index in [4.69, 9.17) is 4.74 Å². The summed E-state index contributed by atoms with van der Waals surface area (Å²) in [5.74, 6) is -0.642. The molecule has 1 fully saturated rings. The van der Waals surface area contributed by atoms with Gasteiger partial charge in [0.1, 0.15) is 0 Å². The summed E-state index contributed by atoms with van der Waals surface area (Å²) in [5, 5.41) is 4.88. The molecule has 0 unspecified atom stereocenters. The third kappa shape index (κ3) is 5.62. The third-order valence-electron chi connectivity index (χ3n) is 6.45. The van der Waals surface area contributed by atoms with Crippen LogP contribution in [0.2, 0.25) is 0 Å². The zero-order valence-corrected chi connectivity index (χ0v) is 20.1. The molecular weight excluding hydrogens is 438 g/mol. The maximum Gasteiger partial charge on any atom is 0.339 e. The van der Waals surface area contributed by atoms with Crippen LogP contribution in [0.4, 0.5) is 5.69 Å². The van der Waals surface area contributed by atoms with Crippen molar-refractivity contribution < 1.29 is 19.1 Å². The number of aryl methyl sites for hydroxylation is 3. The number of esters is 1. The number of nitrogens with one attached hydrogen (secondary N) is 1. The number of rotatable bonds is 6. The summed E-state index contributed by atoms with van der Waals surface area (Å²) in [6.45, 7) is 6.25. The minimum atomic E-state index is -0.399. The zero-order chi connectivity index (χ0) is 23.4. The number of nitrogens with zero attached hydrogens (tertiary/aromatic N) is 2. The molecule has 2 aliphatic rings. The van der Waals surface area contributed by atoms with Gasteiger partial charge in [-0.25, -0.2) is 4.79 Å². The smallest absolute Gasteiger partial charge is 0.339 e. The number of amides is 2. The lowest BCUT2D eigenvalue weighted by atomic mass is 9.96. The molecular formula is C25H31N3O4S. The third-order valence-corrected chi connectivity index (χ3v) is 7.53. The Morgan fingerprint density at radius 3 is 2.45 bits per heavy atom. The molecule has 8 heteroatoms. The number of carbonyl (C=O) groups excluding carboxylic acids is 3. The number of carbonyl (C=O) groups is 3. The monoisotopic (exact) mass is 469 g/mol. The van der Waals surface area contributed by atoms with Crippen LogP contribution in [-0.4, -0.2) is 66.9 Å². The molecule has 1 aliphatic carbocycles. The number of piperazine rings is 1. The quantitative estimate of drug-likeness (QED) is 0.658. The van der Waals surface area contributed by atoms with E-state index in [1.54, 1.807) is 16.2 Å². The van der Waals surface area contributed by atoms with Crippen molar-refractivity contribution in [3.8, 4) is 0 Å². The van der Waals surface area contributed by atoms with Gasteiger partial charge in [-0.05, 0) is 56.2 Å². The summed E-state index contributed by atoms with van der Waals surface area (Å²) in [7, 11) is 0. The molecule has 4 rings (SSSR count). The Labute approximate surface area is 198 Å². The molecule has 1 aromatic carbocycles. The van der Waals surface area contributed by atoms with E-state index in [1.165, 1.54) is 11.3 Å². The Hall–Kier alpha value is -2.71. The fourth-order valence-electron chi connectivity index (χ4n) is 4.51. The van der Waals surface area contributed by atoms with Crippen LogP contribution in [0.3, 0.4) is 0 Å². The van der Waals surface area contributed by atoms with Gasteiger partial charge in [0.15, 0.2) is 6.61 Å². The summed E-state index contributed by atoms with van der Waals surface area (Å²) in [5.41, 5.74) is 4.68. The summed E-state index contributed by atoms with van der Waals surface area (Å²) in [4.78, 5) is 42.6. The first-order valence-corrected chi connectivity index (χ1v) is 12.4. The van der Waals surface area contributed by atoms with Crippen LogP contribution < -0.4 is 5.32 Å². The van der Waals surface area contributed by atoms with Crippen LogP contribution in [0, 0.1) is 13.8 Å². The lowest BCUT2D eigenvalue weighted by molar-refractivity contribution is -0.136. The maximum absolute atomic E-state index is 12.6.